The van der Waals surface area contributed by atoms with Crippen molar-refractivity contribution in [2.24, 2.45) is 5.73 Å². The van der Waals surface area contributed by atoms with Crippen molar-refractivity contribution in [1.29, 1.82) is 0 Å². The zero-order chi connectivity index (χ0) is 14.0. The Hall–Kier alpha value is -1.46. The molecule has 1 amide bonds. The summed E-state index contributed by atoms with van der Waals surface area (Å²) in [4.78, 5) is 13.6. The lowest BCUT2D eigenvalue weighted by Crippen LogP contribution is -2.48. The lowest BCUT2D eigenvalue weighted by Gasteiger charge is -2.34. The van der Waals surface area contributed by atoms with E-state index in [9.17, 15) is 9.18 Å². The van der Waals surface area contributed by atoms with Gasteiger partial charge >= 0.3 is 0 Å². The van der Waals surface area contributed by atoms with Crippen LogP contribution in [0, 0.1) is 12.7 Å². The number of carbonyl (C=O) groups is 1. The summed E-state index contributed by atoms with van der Waals surface area (Å²) >= 11 is 0. The van der Waals surface area contributed by atoms with Crippen molar-refractivity contribution < 1.29 is 13.9 Å². The Kier molecular flexibility index (Phi) is 4.17. The van der Waals surface area contributed by atoms with Crippen molar-refractivity contribution in [3.63, 3.8) is 0 Å². The van der Waals surface area contributed by atoms with Crippen molar-refractivity contribution in [3.05, 3.63) is 35.1 Å². The van der Waals surface area contributed by atoms with E-state index in [-0.39, 0.29) is 17.8 Å². The largest absolute Gasteiger partial charge is 0.370 e. The van der Waals surface area contributed by atoms with E-state index in [0.29, 0.717) is 25.3 Å². The van der Waals surface area contributed by atoms with Crippen molar-refractivity contribution in [1.82, 2.24) is 4.90 Å². The van der Waals surface area contributed by atoms with E-state index in [1.165, 1.54) is 6.07 Å². The number of morpholine rings is 1. The van der Waals surface area contributed by atoms with Crippen molar-refractivity contribution in [3.8, 4) is 0 Å². The van der Waals surface area contributed by atoms with Crippen LogP contribution >= 0.6 is 0 Å². The van der Waals surface area contributed by atoms with Crippen LogP contribution in [-0.2, 0) is 9.53 Å². The number of hydrogen-bond donors (Lipinski definition) is 1. The first kappa shape index (κ1) is 14.0. The number of rotatable bonds is 2. The molecule has 4 nitrogen and oxygen atoms in total. The van der Waals surface area contributed by atoms with Gasteiger partial charge in [-0.3, -0.25) is 4.79 Å². The van der Waals surface area contributed by atoms with E-state index in [2.05, 4.69) is 0 Å². The number of hydrogen-bond acceptors (Lipinski definition) is 3. The first-order valence-electron chi connectivity index (χ1n) is 6.41. The summed E-state index contributed by atoms with van der Waals surface area (Å²) in [7, 11) is 0. The second-order valence-electron chi connectivity index (χ2n) is 4.94. The molecule has 0 aromatic heterocycles. The second kappa shape index (κ2) is 5.67. The minimum atomic E-state index is -0.506. The number of nitrogens with two attached hydrogens (primary N) is 1. The lowest BCUT2D eigenvalue weighted by molar-refractivity contribution is -0.140. The summed E-state index contributed by atoms with van der Waals surface area (Å²) in [6.07, 6.45) is -0.212. The first-order valence-corrected chi connectivity index (χ1v) is 6.41. The standard InChI is InChI=1S/C14H19FN2O2/c1-9-7-11(3-4-12(9)15)13-8-17(5-6-19-13)14(18)10(2)16/h3-4,7,10,13H,5-6,8,16H2,1-2H3/t10-,13?/m1/s1. The molecule has 19 heavy (non-hydrogen) atoms. The number of nitrogens with zero attached hydrogens (tertiary/aromatic N) is 1. The Bertz CT molecular complexity index is 477. The van der Waals surface area contributed by atoms with Crippen LogP contribution in [0.25, 0.3) is 0 Å². The molecule has 0 radical (unpaired) electrons. The van der Waals surface area contributed by atoms with Gasteiger partial charge in [0.25, 0.3) is 0 Å². The maximum Gasteiger partial charge on any atom is 0.239 e. The molecule has 0 bridgehead atoms. The van der Waals surface area contributed by atoms with Crippen LogP contribution in [0.2, 0.25) is 0 Å². The summed E-state index contributed by atoms with van der Waals surface area (Å²) in [5, 5.41) is 0. The molecule has 1 saturated heterocycles. The van der Waals surface area contributed by atoms with Gasteiger partial charge in [0.1, 0.15) is 11.9 Å². The third kappa shape index (κ3) is 3.11. The van der Waals surface area contributed by atoms with E-state index in [0.717, 1.165) is 5.56 Å². The number of aryl methyl sites for hydroxylation is 1. The van der Waals surface area contributed by atoms with Crippen LogP contribution < -0.4 is 5.73 Å². The molecule has 1 aliphatic heterocycles. The number of amides is 1. The smallest absolute Gasteiger partial charge is 0.239 e. The lowest BCUT2D eigenvalue weighted by atomic mass is 10.0. The molecule has 1 unspecified atom stereocenters. The van der Waals surface area contributed by atoms with Crippen LogP contribution in [0.5, 0.6) is 0 Å². The Morgan fingerprint density at radius 2 is 2.32 bits per heavy atom. The molecule has 1 aromatic carbocycles. The highest BCUT2D eigenvalue weighted by Gasteiger charge is 2.27. The molecule has 2 atom stereocenters. The molecule has 0 spiro atoms. The second-order valence-corrected chi connectivity index (χ2v) is 4.94. The minimum absolute atomic E-state index is 0.0767. The highest BCUT2D eigenvalue weighted by Crippen LogP contribution is 2.24. The Morgan fingerprint density at radius 1 is 1.58 bits per heavy atom. The Balaban J connectivity index is 2.12. The summed E-state index contributed by atoms with van der Waals surface area (Å²) in [6.45, 7) is 4.88. The molecule has 1 aliphatic rings. The van der Waals surface area contributed by atoms with E-state index in [1.807, 2.05) is 0 Å². The monoisotopic (exact) mass is 266 g/mol. The zero-order valence-corrected chi connectivity index (χ0v) is 11.2. The highest BCUT2D eigenvalue weighted by molar-refractivity contribution is 5.81. The van der Waals surface area contributed by atoms with Crippen molar-refractivity contribution in [2.75, 3.05) is 19.7 Å². The van der Waals surface area contributed by atoms with Gasteiger partial charge in [0.15, 0.2) is 0 Å². The quantitative estimate of drug-likeness (QED) is 0.880. The molecular formula is C14H19FN2O2. The molecule has 104 valence electrons. The van der Waals surface area contributed by atoms with Crippen LogP contribution in [-0.4, -0.2) is 36.5 Å². The average molecular weight is 266 g/mol. The molecule has 1 aromatic rings. The molecule has 2 rings (SSSR count). The summed E-state index contributed by atoms with van der Waals surface area (Å²) < 4.78 is 18.9. The highest BCUT2D eigenvalue weighted by atomic mass is 19.1. The van der Waals surface area contributed by atoms with Gasteiger partial charge in [-0.2, -0.15) is 0 Å². The molecule has 5 heteroatoms. The van der Waals surface area contributed by atoms with Crippen molar-refractivity contribution >= 4 is 5.91 Å². The third-order valence-electron chi connectivity index (χ3n) is 3.32. The van der Waals surface area contributed by atoms with Crippen LogP contribution in [0.15, 0.2) is 18.2 Å². The molecular weight excluding hydrogens is 247 g/mol. The maximum atomic E-state index is 13.3. The molecule has 0 aliphatic carbocycles. The van der Waals surface area contributed by atoms with Gasteiger partial charge in [0.05, 0.1) is 19.2 Å². The summed E-state index contributed by atoms with van der Waals surface area (Å²) in [5.41, 5.74) is 7.08. The third-order valence-corrected chi connectivity index (χ3v) is 3.32. The average Bonchev–Trinajstić information content (AvgIpc) is 2.41. The molecule has 1 fully saturated rings. The molecule has 2 N–H and O–H groups in total. The number of ether oxygens (including phenoxy) is 1. The normalized spacial score (nSPS) is 21.3. The van der Waals surface area contributed by atoms with Crippen LogP contribution in [0.1, 0.15) is 24.2 Å². The van der Waals surface area contributed by atoms with Gasteiger partial charge in [0, 0.05) is 6.54 Å². The fraction of sp³-hybridized carbons (Fsp3) is 0.500. The number of halogens is 1. The van der Waals surface area contributed by atoms with Gasteiger partial charge in [-0.25, -0.2) is 4.39 Å². The van der Waals surface area contributed by atoms with Crippen LogP contribution in [0.3, 0.4) is 0 Å². The number of carbonyl (C=O) groups excluding carboxylic acids is 1. The Labute approximate surface area is 112 Å². The fourth-order valence-corrected chi connectivity index (χ4v) is 2.21. The van der Waals surface area contributed by atoms with Gasteiger partial charge in [0.2, 0.25) is 5.91 Å². The summed E-state index contributed by atoms with van der Waals surface area (Å²) in [6, 6.07) is 4.39. The van der Waals surface area contributed by atoms with E-state index in [4.69, 9.17) is 10.5 Å². The number of benzene rings is 1. The predicted octanol–water partition coefficient (Wildman–Crippen LogP) is 1.38. The van der Waals surface area contributed by atoms with Gasteiger partial charge in [-0.15, -0.1) is 0 Å². The van der Waals surface area contributed by atoms with Gasteiger partial charge in [-0.1, -0.05) is 12.1 Å². The Morgan fingerprint density at radius 3 is 2.95 bits per heavy atom. The van der Waals surface area contributed by atoms with Crippen LogP contribution in [0.4, 0.5) is 4.39 Å². The van der Waals surface area contributed by atoms with Crippen molar-refractivity contribution in [2.45, 2.75) is 26.0 Å². The fourth-order valence-electron chi connectivity index (χ4n) is 2.21. The molecule has 1 heterocycles. The van der Waals surface area contributed by atoms with Gasteiger partial charge < -0.3 is 15.4 Å². The van der Waals surface area contributed by atoms with E-state index in [1.54, 1.807) is 30.9 Å². The minimum Gasteiger partial charge on any atom is -0.370 e. The zero-order valence-electron chi connectivity index (χ0n) is 11.2. The summed E-state index contributed by atoms with van der Waals surface area (Å²) in [5.74, 6) is -0.310. The SMILES string of the molecule is Cc1cc(C2CN(C(=O)[C@@H](C)N)CCO2)ccc1F. The maximum absolute atomic E-state index is 13.3. The first-order chi connectivity index (χ1) is 8.99. The molecule has 0 saturated carbocycles. The predicted molar refractivity (Wildman–Crippen MR) is 70.1 cm³/mol. The van der Waals surface area contributed by atoms with E-state index < -0.39 is 6.04 Å². The van der Waals surface area contributed by atoms with Gasteiger partial charge in [-0.05, 0) is 31.0 Å². The van der Waals surface area contributed by atoms with E-state index >= 15 is 0 Å². The topological polar surface area (TPSA) is 55.6 Å².